The Labute approximate surface area is 139 Å². The van der Waals surface area contributed by atoms with Crippen molar-refractivity contribution in [3.63, 3.8) is 0 Å². The fourth-order valence-electron chi connectivity index (χ4n) is 3.38. The maximum Gasteiger partial charge on any atom is 0.410 e. The summed E-state index contributed by atoms with van der Waals surface area (Å²) in [5, 5.41) is 0. The first-order valence-electron chi connectivity index (χ1n) is 8.42. The number of rotatable bonds is 1. The molecule has 3 rings (SSSR count). The maximum atomic E-state index is 12.1. The molecule has 5 nitrogen and oxygen atoms in total. The van der Waals surface area contributed by atoms with Crippen LogP contribution in [-0.4, -0.2) is 55.6 Å². The van der Waals surface area contributed by atoms with Crippen LogP contribution in [0.25, 0.3) is 0 Å². The molecule has 0 aromatic carbocycles. The van der Waals surface area contributed by atoms with E-state index in [4.69, 9.17) is 4.74 Å². The van der Waals surface area contributed by atoms with Crippen LogP contribution in [-0.2, 0) is 4.74 Å². The summed E-state index contributed by atoms with van der Waals surface area (Å²) in [6.07, 6.45) is 3.85. The molecule has 0 saturated carbocycles. The predicted molar refractivity (Wildman–Crippen MR) is 94.1 cm³/mol. The number of carbonyl (C=O) groups is 1. The highest BCUT2D eigenvalue weighted by molar-refractivity contribution is 6.32. The summed E-state index contributed by atoms with van der Waals surface area (Å²) in [5.41, 5.74) is 1.12. The molecule has 1 aromatic rings. The smallest absolute Gasteiger partial charge is 0.410 e. The number of amides is 1. The fourth-order valence-corrected chi connectivity index (χ4v) is 3.38. The normalized spacial score (nSPS) is 20.3. The van der Waals surface area contributed by atoms with Gasteiger partial charge >= 0.3 is 6.09 Å². The van der Waals surface area contributed by atoms with E-state index in [0.29, 0.717) is 5.41 Å². The summed E-state index contributed by atoms with van der Waals surface area (Å²) in [7, 11) is 2.06. The number of likely N-dealkylation sites (tertiary alicyclic amines) is 1. The molecule has 0 radical (unpaired) electrons. The third-order valence-electron chi connectivity index (χ3n) is 4.75. The van der Waals surface area contributed by atoms with Gasteiger partial charge in [0.2, 0.25) is 0 Å². The number of anilines is 1. The Morgan fingerprint density at radius 2 is 1.91 bits per heavy atom. The molecular weight excluding hydrogens is 289 g/mol. The highest BCUT2D eigenvalue weighted by atomic mass is 16.6. The van der Waals surface area contributed by atoms with Crippen LogP contribution in [0.3, 0.4) is 0 Å². The van der Waals surface area contributed by atoms with Gasteiger partial charge in [-0.2, -0.15) is 0 Å². The molecule has 1 aromatic heterocycles. The highest BCUT2D eigenvalue weighted by Crippen LogP contribution is 2.42. The molecule has 0 N–H and O–H groups in total. The van der Waals surface area contributed by atoms with Crippen LogP contribution in [0.15, 0.2) is 18.3 Å². The molecule has 0 aliphatic carbocycles. The summed E-state index contributed by atoms with van der Waals surface area (Å²) in [6.45, 7) is 9.42. The first-order valence-corrected chi connectivity index (χ1v) is 8.42. The van der Waals surface area contributed by atoms with Crippen LogP contribution in [0, 0.1) is 5.41 Å². The highest BCUT2D eigenvalue weighted by Gasteiger charge is 2.46. The van der Waals surface area contributed by atoms with Crippen LogP contribution < -0.4 is 10.4 Å². The van der Waals surface area contributed by atoms with E-state index in [1.54, 1.807) is 0 Å². The molecule has 124 valence electrons. The largest absolute Gasteiger partial charge is 0.444 e. The van der Waals surface area contributed by atoms with E-state index >= 15 is 0 Å². The quantitative estimate of drug-likeness (QED) is 0.730. The number of ether oxygens (including phenoxy) is 1. The maximum absolute atomic E-state index is 12.1. The lowest BCUT2D eigenvalue weighted by Gasteiger charge is -2.54. The van der Waals surface area contributed by atoms with E-state index in [9.17, 15) is 4.79 Å². The van der Waals surface area contributed by atoms with Gasteiger partial charge in [-0.1, -0.05) is 11.5 Å². The molecule has 6 heteroatoms. The second-order valence-corrected chi connectivity index (χ2v) is 8.02. The Balaban J connectivity index is 1.50. The van der Waals surface area contributed by atoms with Gasteiger partial charge in [0.15, 0.2) is 0 Å². The zero-order valence-electron chi connectivity index (χ0n) is 14.6. The van der Waals surface area contributed by atoms with Gasteiger partial charge < -0.3 is 14.5 Å². The number of pyridine rings is 1. The SMILES string of the molecule is Bc1ccc(N2CC3(CCN(C(=O)OC(C)(C)C)CC3)C2)nc1. The Morgan fingerprint density at radius 3 is 2.43 bits per heavy atom. The molecule has 2 aliphatic rings. The molecule has 0 unspecified atom stereocenters. The molecule has 1 amide bonds. The summed E-state index contributed by atoms with van der Waals surface area (Å²) >= 11 is 0. The second kappa shape index (κ2) is 5.73. The summed E-state index contributed by atoms with van der Waals surface area (Å²) in [5.74, 6) is 1.07. The molecule has 2 saturated heterocycles. The number of carbonyl (C=O) groups excluding carboxylic acids is 1. The van der Waals surface area contributed by atoms with Crippen molar-refractivity contribution >= 4 is 25.2 Å². The van der Waals surface area contributed by atoms with Crippen LogP contribution in [0.4, 0.5) is 10.6 Å². The Morgan fingerprint density at radius 1 is 1.26 bits per heavy atom. The van der Waals surface area contributed by atoms with E-state index in [2.05, 4.69) is 29.9 Å². The zero-order valence-corrected chi connectivity index (χ0v) is 14.6. The van der Waals surface area contributed by atoms with Gasteiger partial charge in [0.1, 0.15) is 19.3 Å². The molecular formula is C17H26BN3O2. The van der Waals surface area contributed by atoms with Crippen LogP contribution in [0.1, 0.15) is 33.6 Å². The van der Waals surface area contributed by atoms with Crippen LogP contribution in [0.5, 0.6) is 0 Å². The lowest BCUT2D eigenvalue weighted by atomic mass is 9.72. The van der Waals surface area contributed by atoms with Gasteiger partial charge in [-0.25, -0.2) is 9.78 Å². The summed E-state index contributed by atoms with van der Waals surface area (Å²) in [6, 6.07) is 4.20. The molecule has 2 aliphatic heterocycles. The van der Waals surface area contributed by atoms with E-state index in [1.807, 2.05) is 31.9 Å². The third kappa shape index (κ3) is 3.62. The molecule has 3 heterocycles. The van der Waals surface area contributed by atoms with Crippen molar-refractivity contribution in [2.75, 3.05) is 31.1 Å². The summed E-state index contributed by atoms with van der Waals surface area (Å²) < 4.78 is 5.47. The number of hydrogen-bond acceptors (Lipinski definition) is 4. The zero-order chi connectivity index (χ0) is 16.7. The Kier molecular flexibility index (Phi) is 4.02. The van der Waals surface area contributed by atoms with E-state index in [0.717, 1.165) is 44.8 Å². The number of hydrogen-bond donors (Lipinski definition) is 0. The minimum Gasteiger partial charge on any atom is -0.444 e. The van der Waals surface area contributed by atoms with E-state index in [-0.39, 0.29) is 6.09 Å². The first-order chi connectivity index (χ1) is 10.8. The standard InChI is InChI=1S/C17H26BN3O2/c1-16(2,3)23-15(22)20-8-6-17(7-9-20)11-21(12-17)14-5-4-13(18)10-19-14/h4-5,10H,6-9,11-12,18H2,1-3H3. The molecule has 1 spiro atoms. The lowest BCUT2D eigenvalue weighted by Crippen LogP contribution is -2.61. The number of nitrogens with zero attached hydrogens (tertiary/aromatic N) is 3. The molecule has 23 heavy (non-hydrogen) atoms. The van der Waals surface area contributed by atoms with E-state index in [1.165, 1.54) is 5.46 Å². The average molecular weight is 315 g/mol. The van der Waals surface area contributed by atoms with Gasteiger partial charge in [-0.3, -0.25) is 0 Å². The topological polar surface area (TPSA) is 45.7 Å². The second-order valence-electron chi connectivity index (χ2n) is 8.02. The van der Waals surface area contributed by atoms with E-state index < -0.39 is 5.60 Å². The van der Waals surface area contributed by atoms with Crippen molar-refractivity contribution in [1.29, 1.82) is 0 Å². The van der Waals surface area contributed by atoms with Gasteiger partial charge in [0, 0.05) is 37.8 Å². The van der Waals surface area contributed by atoms with Crippen molar-refractivity contribution in [3.8, 4) is 0 Å². The van der Waals surface area contributed by atoms with Crippen molar-refractivity contribution in [1.82, 2.24) is 9.88 Å². The number of piperidine rings is 1. The van der Waals surface area contributed by atoms with Crippen LogP contribution in [0.2, 0.25) is 0 Å². The molecule has 2 fully saturated rings. The van der Waals surface area contributed by atoms with Gasteiger partial charge in [-0.15, -0.1) is 0 Å². The van der Waals surface area contributed by atoms with Gasteiger partial charge in [0.25, 0.3) is 0 Å². The fraction of sp³-hybridized carbons (Fsp3) is 0.647. The van der Waals surface area contributed by atoms with Crippen molar-refractivity contribution in [2.24, 2.45) is 5.41 Å². The van der Waals surface area contributed by atoms with Crippen LogP contribution >= 0.6 is 0 Å². The molecule has 0 bridgehead atoms. The minimum absolute atomic E-state index is 0.177. The number of aromatic nitrogens is 1. The van der Waals surface area contributed by atoms with Crippen molar-refractivity contribution in [3.05, 3.63) is 18.3 Å². The minimum atomic E-state index is -0.420. The van der Waals surface area contributed by atoms with Crippen molar-refractivity contribution in [2.45, 2.75) is 39.2 Å². The predicted octanol–water partition coefficient (Wildman–Crippen LogP) is 1.18. The summed E-state index contributed by atoms with van der Waals surface area (Å²) in [4.78, 5) is 20.8. The third-order valence-corrected chi connectivity index (χ3v) is 4.75. The molecule has 0 atom stereocenters. The van der Waals surface area contributed by atoms with Crippen molar-refractivity contribution < 1.29 is 9.53 Å². The lowest BCUT2D eigenvalue weighted by molar-refractivity contribution is 0.00590. The van der Waals surface area contributed by atoms with Gasteiger partial charge in [0.05, 0.1) is 0 Å². The first kappa shape index (κ1) is 16.2. The van der Waals surface area contributed by atoms with Gasteiger partial charge in [-0.05, 0) is 39.7 Å². The monoisotopic (exact) mass is 315 g/mol. The Hall–Kier alpha value is -1.72. The Bertz CT molecular complexity index is 566. The average Bonchev–Trinajstić information content (AvgIpc) is 2.44.